The van der Waals surface area contributed by atoms with Crippen LogP contribution >= 0.6 is 0 Å². The Labute approximate surface area is 115 Å². The second-order valence-electron chi connectivity index (χ2n) is 4.76. The maximum atomic E-state index is 12.0. The van der Waals surface area contributed by atoms with Gasteiger partial charge in [0.05, 0.1) is 0 Å². The van der Waals surface area contributed by atoms with Gasteiger partial charge in [0.1, 0.15) is 6.04 Å². The molecule has 0 aromatic heterocycles. The van der Waals surface area contributed by atoms with Crippen LogP contribution in [0.2, 0.25) is 0 Å². The molecule has 0 aliphatic heterocycles. The number of nitrogens with one attached hydrogen (secondary N) is 1. The van der Waals surface area contributed by atoms with Crippen molar-refractivity contribution in [2.45, 2.75) is 52.1 Å². The van der Waals surface area contributed by atoms with Crippen LogP contribution in [0.1, 0.15) is 40.0 Å². The number of hydrogen-bond acceptors (Lipinski definition) is 3. The molecule has 0 aromatic rings. The zero-order valence-corrected chi connectivity index (χ0v) is 12.3. The Morgan fingerprint density at radius 2 is 2.00 bits per heavy atom. The minimum absolute atomic E-state index is 0.0494. The molecule has 6 nitrogen and oxygen atoms in total. The molecule has 0 saturated heterocycles. The predicted octanol–water partition coefficient (Wildman–Crippen LogP) is 1.70. The number of nitrogens with zero attached hydrogens (tertiary/aromatic N) is 1. The third-order valence-corrected chi connectivity index (χ3v) is 2.79. The van der Waals surface area contributed by atoms with E-state index >= 15 is 0 Å². The molecular weight excluding hydrogens is 248 g/mol. The molecule has 0 saturated carbocycles. The highest BCUT2D eigenvalue weighted by Gasteiger charge is 2.23. The first-order chi connectivity index (χ1) is 8.93. The summed E-state index contributed by atoms with van der Waals surface area (Å²) in [5.74, 6) is -1.01. The molecule has 2 amide bonds. The molecule has 0 aromatic carbocycles. The normalized spacial score (nSPS) is 12.3. The average Bonchev–Trinajstić information content (AvgIpc) is 2.34. The molecule has 0 radical (unpaired) electrons. The van der Waals surface area contributed by atoms with Gasteiger partial charge in [-0.05, 0) is 33.1 Å². The van der Waals surface area contributed by atoms with E-state index in [2.05, 4.69) is 5.32 Å². The summed E-state index contributed by atoms with van der Waals surface area (Å²) in [5.41, 5.74) is 0. The van der Waals surface area contributed by atoms with E-state index < -0.39 is 12.0 Å². The standard InChI is InChI=1S/C13H26N2O4/c1-5-8-15(10(2)3)13(18)14-11(12(16)17)7-6-9-19-4/h10-11H,5-9H2,1-4H3,(H,14,18)(H,16,17). The van der Waals surface area contributed by atoms with Crippen LogP contribution in [0.4, 0.5) is 4.79 Å². The van der Waals surface area contributed by atoms with Gasteiger partial charge in [-0.25, -0.2) is 9.59 Å². The number of ether oxygens (including phenoxy) is 1. The van der Waals surface area contributed by atoms with Crippen molar-refractivity contribution in [3.05, 3.63) is 0 Å². The molecule has 19 heavy (non-hydrogen) atoms. The van der Waals surface area contributed by atoms with Crippen LogP contribution in [-0.2, 0) is 9.53 Å². The summed E-state index contributed by atoms with van der Waals surface area (Å²) in [6, 6.07) is -1.13. The maximum absolute atomic E-state index is 12.0. The topological polar surface area (TPSA) is 78.9 Å². The number of urea groups is 1. The number of carbonyl (C=O) groups is 2. The van der Waals surface area contributed by atoms with Crippen molar-refractivity contribution in [2.75, 3.05) is 20.3 Å². The third kappa shape index (κ3) is 7.00. The highest BCUT2D eigenvalue weighted by atomic mass is 16.5. The smallest absolute Gasteiger partial charge is 0.326 e. The molecule has 6 heteroatoms. The van der Waals surface area contributed by atoms with Gasteiger partial charge in [0.15, 0.2) is 0 Å². The Kier molecular flexibility index (Phi) is 8.95. The number of rotatable bonds is 9. The summed E-state index contributed by atoms with van der Waals surface area (Å²) in [5, 5.41) is 11.7. The SMILES string of the molecule is CCCN(C(=O)NC(CCCOC)C(=O)O)C(C)C. The maximum Gasteiger partial charge on any atom is 0.326 e. The van der Waals surface area contributed by atoms with Crippen LogP contribution in [0.15, 0.2) is 0 Å². The summed E-state index contributed by atoms with van der Waals surface area (Å²) in [6.45, 7) is 6.91. The number of hydrogen-bond donors (Lipinski definition) is 2. The van der Waals surface area contributed by atoms with Crippen molar-refractivity contribution >= 4 is 12.0 Å². The Balaban J connectivity index is 4.46. The van der Waals surface area contributed by atoms with Crippen LogP contribution in [0.5, 0.6) is 0 Å². The lowest BCUT2D eigenvalue weighted by molar-refractivity contribution is -0.139. The van der Waals surface area contributed by atoms with Crippen molar-refractivity contribution < 1.29 is 19.4 Å². The second-order valence-corrected chi connectivity index (χ2v) is 4.76. The van der Waals surface area contributed by atoms with Gasteiger partial charge in [0, 0.05) is 26.3 Å². The van der Waals surface area contributed by atoms with Gasteiger partial charge < -0.3 is 20.1 Å². The zero-order valence-electron chi connectivity index (χ0n) is 12.3. The second kappa shape index (κ2) is 9.61. The van der Waals surface area contributed by atoms with Gasteiger partial charge in [-0.2, -0.15) is 0 Å². The first-order valence-electron chi connectivity index (χ1n) is 6.72. The van der Waals surface area contributed by atoms with E-state index in [1.54, 1.807) is 12.0 Å². The molecule has 0 fully saturated rings. The molecule has 0 heterocycles. The van der Waals surface area contributed by atoms with E-state index in [9.17, 15) is 9.59 Å². The largest absolute Gasteiger partial charge is 0.480 e. The van der Waals surface area contributed by atoms with Crippen molar-refractivity contribution in [3.63, 3.8) is 0 Å². The number of carbonyl (C=O) groups excluding carboxylic acids is 1. The van der Waals surface area contributed by atoms with E-state index in [1.165, 1.54) is 0 Å². The molecule has 1 atom stereocenters. The number of aliphatic carboxylic acids is 1. The van der Waals surface area contributed by atoms with Crippen LogP contribution in [0, 0.1) is 0 Å². The molecule has 2 N–H and O–H groups in total. The number of carboxylic acids is 1. The molecule has 0 spiro atoms. The van der Waals surface area contributed by atoms with Crippen LogP contribution in [-0.4, -0.2) is 54.4 Å². The summed E-state index contributed by atoms with van der Waals surface area (Å²) in [6.07, 6.45) is 1.81. The van der Waals surface area contributed by atoms with Gasteiger partial charge in [-0.1, -0.05) is 6.92 Å². The number of methoxy groups -OCH3 is 1. The first-order valence-corrected chi connectivity index (χ1v) is 6.72. The van der Waals surface area contributed by atoms with Crippen LogP contribution in [0.3, 0.4) is 0 Å². The van der Waals surface area contributed by atoms with E-state index in [1.807, 2.05) is 20.8 Å². The Hall–Kier alpha value is -1.30. The highest BCUT2D eigenvalue weighted by molar-refractivity contribution is 5.82. The molecule has 1 unspecified atom stereocenters. The van der Waals surface area contributed by atoms with Crippen molar-refractivity contribution in [1.29, 1.82) is 0 Å². The van der Waals surface area contributed by atoms with Gasteiger partial charge in [-0.15, -0.1) is 0 Å². The molecule has 0 bridgehead atoms. The molecule has 0 aliphatic rings. The fourth-order valence-corrected chi connectivity index (χ4v) is 1.76. The monoisotopic (exact) mass is 274 g/mol. The minimum Gasteiger partial charge on any atom is -0.480 e. The quantitative estimate of drug-likeness (QED) is 0.627. The predicted molar refractivity (Wildman–Crippen MR) is 73.2 cm³/mol. The van der Waals surface area contributed by atoms with Crippen molar-refractivity contribution in [1.82, 2.24) is 10.2 Å². The molecule has 0 aliphatic carbocycles. The fraction of sp³-hybridized carbons (Fsp3) is 0.846. The third-order valence-electron chi connectivity index (χ3n) is 2.79. The number of amides is 2. The van der Waals surface area contributed by atoms with Gasteiger partial charge in [-0.3, -0.25) is 0 Å². The number of carboxylic acid groups (broad SMARTS) is 1. The highest BCUT2D eigenvalue weighted by Crippen LogP contribution is 2.04. The summed E-state index contributed by atoms with van der Waals surface area (Å²) in [7, 11) is 1.57. The van der Waals surface area contributed by atoms with E-state index in [0.717, 1.165) is 6.42 Å². The lowest BCUT2D eigenvalue weighted by atomic mass is 10.1. The summed E-state index contributed by atoms with van der Waals surface area (Å²) in [4.78, 5) is 24.8. The van der Waals surface area contributed by atoms with E-state index in [-0.39, 0.29) is 12.1 Å². The average molecular weight is 274 g/mol. The van der Waals surface area contributed by atoms with Crippen LogP contribution in [0.25, 0.3) is 0 Å². The fourth-order valence-electron chi connectivity index (χ4n) is 1.76. The zero-order chi connectivity index (χ0) is 14.8. The van der Waals surface area contributed by atoms with Crippen molar-refractivity contribution in [3.8, 4) is 0 Å². The summed E-state index contributed by atoms with van der Waals surface area (Å²) >= 11 is 0. The van der Waals surface area contributed by atoms with E-state index in [0.29, 0.717) is 26.0 Å². The molecule has 112 valence electrons. The molecule has 0 rings (SSSR count). The minimum atomic E-state index is -1.01. The van der Waals surface area contributed by atoms with Gasteiger partial charge >= 0.3 is 12.0 Å². The summed E-state index contributed by atoms with van der Waals surface area (Å²) < 4.78 is 4.89. The Morgan fingerprint density at radius 3 is 2.42 bits per heavy atom. The van der Waals surface area contributed by atoms with Gasteiger partial charge in [0.25, 0.3) is 0 Å². The molecular formula is C13H26N2O4. The lowest BCUT2D eigenvalue weighted by Gasteiger charge is -2.28. The Morgan fingerprint density at radius 1 is 1.37 bits per heavy atom. The van der Waals surface area contributed by atoms with Gasteiger partial charge in [0.2, 0.25) is 0 Å². The lowest BCUT2D eigenvalue weighted by Crippen LogP contribution is -2.50. The first kappa shape index (κ1) is 17.7. The van der Waals surface area contributed by atoms with E-state index in [4.69, 9.17) is 9.84 Å². The Bertz CT molecular complexity index is 282. The van der Waals surface area contributed by atoms with Crippen molar-refractivity contribution in [2.24, 2.45) is 0 Å². The van der Waals surface area contributed by atoms with Crippen LogP contribution < -0.4 is 5.32 Å².